The number of methoxy groups -OCH3 is 1. The van der Waals surface area contributed by atoms with Gasteiger partial charge in [0.1, 0.15) is 11.4 Å². The summed E-state index contributed by atoms with van der Waals surface area (Å²) < 4.78 is 7.53. The van der Waals surface area contributed by atoms with Gasteiger partial charge >= 0.3 is 0 Å². The molecule has 5 rings (SSSR count). The minimum atomic E-state index is -0.517. The predicted molar refractivity (Wildman–Crippen MR) is 122 cm³/mol. The third-order valence-electron chi connectivity index (χ3n) is 5.07. The zero-order chi connectivity index (χ0) is 22.2. The Bertz CT molecular complexity index is 1440. The van der Waals surface area contributed by atoms with Crippen LogP contribution in [0.15, 0.2) is 72.9 Å². The van der Waals surface area contributed by atoms with Crippen LogP contribution in [0.25, 0.3) is 26.6 Å². The van der Waals surface area contributed by atoms with Crippen LogP contribution in [-0.4, -0.2) is 37.6 Å². The molecule has 0 bridgehead atoms. The average Bonchev–Trinajstić information content (AvgIpc) is 3.37. The number of aromatic nitrogens is 3. The van der Waals surface area contributed by atoms with Crippen molar-refractivity contribution in [1.29, 1.82) is 0 Å². The highest BCUT2D eigenvalue weighted by atomic mass is 32.1. The molecular weight excluding hydrogens is 426 g/mol. The van der Waals surface area contributed by atoms with Gasteiger partial charge in [-0.05, 0) is 35.9 Å². The minimum Gasteiger partial charge on any atom is -0.503 e. The van der Waals surface area contributed by atoms with Gasteiger partial charge in [-0.15, -0.1) is 0 Å². The van der Waals surface area contributed by atoms with E-state index in [0.717, 1.165) is 4.70 Å². The van der Waals surface area contributed by atoms with Crippen LogP contribution in [0.2, 0.25) is 0 Å². The van der Waals surface area contributed by atoms with Crippen LogP contribution in [0.1, 0.15) is 16.1 Å². The Morgan fingerprint density at radius 1 is 1.03 bits per heavy atom. The molecule has 32 heavy (non-hydrogen) atoms. The number of hydrogen-bond acceptors (Lipinski definition) is 7. The monoisotopic (exact) mass is 443 g/mol. The van der Waals surface area contributed by atoms with Gasteiger partial charge in [-0.25, -0.2) is 4.98 Å². The summed E-state index contributed by atoms with van der Waals surface area (Å²) in [6.45, 7) is 0. The molecule has 3 heterocycles. The van der Waals surface area contributed by atoms with Gasteiger partial charge in [0.15, 0.2) is 10.9 Å². The van der Waals surface area contributed by atoms with Crippen molar-refractivity contribution in [3.8, 4) is 33.8 Å². The molecule has 0 unspecified atom stereocenters. The Kier molecular flexibility index (Phi) is 4.84. The van der Waals surface area contributed by atoms with E-state index >= 15 is 0 Å². The second kappa shape index (κ2) is 7.82. The van der Waals surface area contributed by atoms with Crippen LogP contribution < -0.4 is 4.74 Å². The maximum Gasteiger partial charge on any atom is 0.242 e. The van der Waals surface area contributed by atoms with Gasteiger partial charge < -0.3 is 14.9 Å². The summed E-state index contributed by atoms with van der Waals surface area (Å²) in [5.41, 5.74) is 1.80. The highest BCUT2D eigenvalue weighted by Crippen LogP contribution is 2.45. The minimum absolute atomic E-state index is 0.0377. The Hall–Kier alpha value is -4.17. The number of benzene rings is 2. The summed E-state index contributed by atoms with van der Waals surface area (Å²) in [4.78, 5) is 22.1. The fourth-order valence-corrected chi connectivity index (χ4v) is 4.56. The molecule has 7 nitrogen and oxygen atoms in total. The van der Waals surface area contributed by atoms with E-state index in [9.17, 15) is 15.0 Å². The van der Waals surface area contributed by atoms with Crippen LogP contribution in [0.4, 0.5) is 0 Å². The van der Waals surface area contributed by atoms with Gasteiger partial charge in [0.25, 0.3) is 0 Å². The first-order valence-corrected chi connectivity index (χ1v) is 10.5. The van der Waals surface area contributed by atoms with Gasteiger partial charge in [-0.1, -0.05) is 47.7 Å². The maximum absolute atomic E-state index is 13.3. The topological polar surface area (TPSA) is 97.5 Å². The highest BCUT2D eigenvalue weighted by molar-refractivity contribution is 7.20. The summed E-state index contributed by atoms with van der Waals surface area (Å²) in [6, 6.07) is 19.5. The van der Waals surface area contributed by atoms with Crippen LogP contribution in [0.5, 0.6) is 17.4 Å². The lowest BCUT2D eigenvalue weighted by atomic mass is 10.0. The molecule has 0 aliphatic carbocycles. The first-order valence-electron chi connectivity index (χ1n) is 9.71. The first-order chi connectivity index (χ1) is 15.6. The van der Waals surface area contributed by atoms with E-state index in [-0.39, 0.29) is 11.3 Å². The normalized spacial score (nSPS) is 11.0. The summed E-state index contributed by atoms with van der Waals surface area (Å²) in [5, 5.41) is 22.2. The molecule has 8 heteroatoms. The van der Waals surface area contributed by atoms with E-state index in [1.165, 1.54) is 22.1 Å². The van der Waals surface area contributed by atoms with Gasteiger partial charge in [-0.2, -0.15) is 0 Å². The summed E-state index contributed by atoms with van der Waals surface area (Å²) >= 11 is 1.31. The lowest BCUT2D eigenvalue weighted by Gasteiger charge is -2.09. The molecule has 0 saturated heterocycles. The highest BCUT2D eigenvalue weighted by Gasteiger charge is 2.31. The van der Waals surface area contributed by atoms with Crippen LogP contribution in [-0.2, 0) is 0 Å². The lowest BCUT2D eigenvalue weighted by molar-refractivity contribution is 0.103. The molecule has 2 N–H and O–H groups in total. The van der Waals surface area contributed by atoms with Crippen molar-refractivity contribution in [2.24, 2.45) is 0 Å². The largest absolute Gasteiger partial charge is 0.503 e. The number of aromatic hydroxyl groups is 2. The standard InChI is InChI=1S/C24H17N3O4S/c1-31-15-10-11-16-18(13-15)32-24(26-16)27-20(14-7-3-2-4-8-14)19(22(29)23(27)30)21(28)17-9-5-6-12-25-17/h2-13,29-30H,1H3. The van der Waals surface area contributed by atoms with Crippen LogP contribution in [0.3, 0.4) is 0 Å². The van der Waals surface area contributed by atoms with Gasteiger partial charge in [0.05, 0.1) is 28.6 Å². The van der Waals surface area contributed by atoms with Crippen molar-refractivity contribution in [3.05, 3.63) is 84.2 Å². The second-order valence-electron chi connectivity index (χ2n) is 6.97. The Labute approximate surface area is 186 Å². The van der Waals surface area contributed by atoms with Crippen molar-refractivity contribution in [2.45, 2.75) is 0 Å². The molecule has 0 radical (unpaired) electrons. The number of pyridine rings is 1. The third kappa shape index (κ3) is 3.17. The molecular formula is C24H17N3O4S. The summed E-state index contributed by atoms with van der Waals surface area (Å²) in [7, 11) is 1.59. The molecule has 5 aromatic rings. The number of ether oxygens (including phenoxy) is 1. The molecule has 2 aromatic carbocycles. The predicted octanol–water partition coefficient (Wildman–Crippen LogP) is 4.80. The number of carbonyl (C=O) groups excluding carboxylic acids is 1. The van der Waals surface area contributed by atoms with Crippen molar-refractivity contribution in [1.82, 2.24) is 14.5 Å². The summed E-state index contributed by atoms with van der Waals surface area (Å²) in [5.74, 6) is -0.800. The Morgan fingerprint density at radius 2 is 1.81 bits per heavy atom. The average molecular weight is 443 g/mol. The van der Waals surface area contributed by atoms with E-state index in [1.54, 1.807) is 43.5 Å². The van der Waals surface area contributed by atoms with Crippen molar-refractivity contribution in [3.63, 3.8) is 0 Å². The lowest BCUT2D eigenvalue weighted by Crippen LogP contribution is -2.06. The fraction of sp³-hybridized carbons (Fsp3) is 0.0417. The van der Waals surface area contributed by atoms with Crippen molar-refractivity contribution < 1.29 is 19.7 Å². The van der Waals surface area contributed by atoms with Crippen molar-refractivity contribution >= 4 is 27.3 Å². The molecule has 158 valence electrons. The van der Waals surface area contributed by atoms with Crippen LogP contribution in [0, 0.1) is 0 Å². The quantitative estimate of drug-likeness (QED) is 0.379. The van der Waals surface area contributed by atoms with E-state index in [0.29, 0.717) is 27.7 Å². The Balaban J connectivity index is 1.79. The van der Waals surface area contributed by atoms with E-state index < -0.39 is 17.4 Å². The van der Waals surface area contributed by atoms with Crippen molar-refractivity contribution in [2.75, 3.05) is 7.11 Å². The van der Waals surface area contributed by atoms with E-state index in [4.69, 9.17) is 4.74 Å². The number of ketones is 1. The molecule has 0 aliphatic rings. The van der Waals surface area contributed by atoms with Gasteiger partial charge in [0.2, 0.25) is 11.7 Å². The molecule has 3 aromatic heterocycles. The zero-order valence-corrected chi connectivity index (χ0v) is 17.7. The molecule has 0 spiro atoms. The molecule has 0 amide bonds. The van der Waals surface area contributed by atoms with Gasteiger partial charge in [-0.3, -0.25) is 14.3 Å². The molecule has 0 aliphatic heterocycles. The number of nitrogens with zero attached hydrogens (tertiary/aromatic N) is 3. The SMILES string of the molecule is COc1ccc2nc(-n3c(O)c(O)c(C(=O)c4ccccn4)c3-c3ccccc3)sc2c1. The Morgan fingerprint density at radius 3 is 2.53 bits per heavy atom. The number of carbonyl (C=O) groups is 1. The number of thiazole rings is 1. The number of rotatable bonds is 5. The van der Waals surface area contributed by atoms with E-state index in [2.05, 4.69) is 9.97 Å². The molecule has 0 saturated carbocycles. The second-order valence-corrected chi connectivity index (χ2v) is 7.98. The number of fused-ring (bicyclic) bond motifs is 1. The summed E-state index contributed by atoms with van der Waals surface area (Å²) in [6.07, 6.45) is 1.50. The van der Waals surface area contributed by atoms with E-state index in [1.807, 2.05) is 30.3 Å². The smallest absolute Gasteiger partial charge is 0.242 e. The molecule has 0 atom stereocenters. The maximum atomic E-state index is 13.3. The molecule has 0 fully saturated rings. The zero-order valence-electron chi connectivity index (χ0n) is 16.9. The first kappa shape index (κ1) is 19.8. The van der Waals surface area contributed by atoms with Crippen LogP contribution >= 0.6 is 11.3 Å². The number of hydrogen-bond donors (Lipinski definition) is 2. The fourth-order valence-electron chi connectivity index (χ4n) is 3.56. The third-order valence-corrected chi connectivity index (χ3v) is 6.07. The van der Waals surface area contributed by atoms with Gasteiger partial charge in [0, 0.05) is 6.20 Å².